The summed E-state index contributed by atoms with van der Waals surface area (Å²) >= 11 is 0. The largest absolute Gasteiger partial charge is 0.384 e. The molecule has 1 atom stereocenters. The van der Waals surface area contributed by atoms with Crippen LogP contribution in [0.3, 0.4) is 0 Å². The first-order chi connectivity index (χ1) is 9.20. The normalized spacial score (nSPS) is 11.8. The summed E-state index contributed by atoms with van der Waals surface area (Å²) in [4.78, 5) is 20.1. The van der Waals surface area contributed by atoms with Gasteiger partial charge in [-0.05, 0) is 36.2 Å². The highest BCUT2D eigenvalue weighted by Gasteiger charge is 2.14. The quantitative estimate of drug-likeness (QED) is 0.876. The summed E-state index contributed by atoms with van der Waals surface area (Å²) in [6.45, 7) is 2.01. The van der Waals surface area contributed by atoms with Crippen LogP contribution in [0.5, 0.6) is 0 Å². The number of nitrogens with two attached hydrogens (primary N) is 1. The van der Waals surface area contributed by atoms with Crippen molar-refractivity contribution in [1.29, 1.82) is 0 Å². The lowest BCUT2D eigenvalue weighted by molar-refractivity contribution is 0.0930. The molecular weight excluding hydrogens is 240 g/mol. The van der Waals surface area contributed by atoms with Crippen LogP contribution in [-0.2, 0) is 0 Å². The first-order valence-electron chi connectivity index (χ1n) is 6.14. The van der Waals surface area contributed by atoms with E-state index in [0.29, 0.717) is 11.5 Å². The molecule has 3 N–H and O–H groups in total. The van der Waals surface area contributed by atoms with Crippen LogP contribution in [0.1, 0.15) is 35.4 Å². The van der Waals surface area contributed by atoms with Gasteiger partial charge in [-0.25, -0.2) is 4.98 Å². The summed E-state index contributed by atoms with van der Waals surface area (Å²) in [7, 11) is 0. The fourth-order valence-corrected chi connectivity index (χ4v) is 1.83. The average molecular weight is 256 g/mol. The highest BCUT2D eigenvalue weighted by Crippen LogP contribution is 2.15. The Kier molecular flexibility index (Phi) is 4.07. The summed E-state index contributed by atoms with van der Waals surface area (Å²) in [6, 6.07) is 8.73. The number of rotatable bonds is 4. The zero-order valence-electron chi connectivity index (χ0n) is 10.7. The number of nitrogens with zero attached hydrogens (tertiary/aromatic N) is 2. The Morgan fingerprint density at radius 2 is 2.05 bits per heavy atom. The SMILES string of the molecule is CCC(NC(=O)c1cccc(N)n1)c1ccncc1. The molecule has 5 nitrogen and oxygen atoms in total. The molecule has 0 aromatic carbocycles. The Labute approximate surface area is 111 Å². The first kappa shape index (κ1) is 13.0. The number of hydrogen-bond acceptors (Lipinski definition) is 4. The predicted molar refractivity (Wildman–Crippen MR) is 73.4 cm³/mol. The molecule has 2 rings (SSSR count). The number of carbonyl (C=O) groups is 1. The second-order valence-corrected chi connectivity index (χ2v) is 4.16. The van der Waals surface area contributed by atoms with Crippen LogP contribution in [0.2, 0.25) is 0 Å². The maximum Gasteiger partial charge on any atom is 0.270 e. The lowest BCUT2D eigenvalue weighted by Gasteiger charge is -2.17. The molecule has 0 saturated heterocycles. The number of amides is 1. The van der Waals surface area contributed by atoms with E-state index in [1.165, 1.54) is 0 Å². The first-order valence-corrected chi connectivity index (χ1v) is 6.14. The second kappa shape index (κ2) is 5.95. The molecule has 2 aromatic heterocycles. The van der Waals surface area contributed by atoms with E-state index >= 15 is 0 Å². The van der Waals surface area contributed by atoms with Crippen molar-refractivity contribution in [3.63, 3.8) is 0 Å². The molecule has 1 amide bonds. The molecule has 2 heterocycles. The van der Waals surface area contributed by atoms with Crippen molar-refractivity contribution in [1.82, 2.24) is 15.3 Å². The summed E-state index contributed by atoms with van der Waals surface area (Å²) in [6.07, 6.45) is 4.21. The number of carbonyl (C=O) groups excluding carboxylic acids is 1. The van der Waals surface area contributed by atoms with Crippen LogP contribution in [0, 0.1) is 0 Å². The van der Waals surface area contributed by atoms with Gasteiger partial charge in [0, 0.05) is 12.4 Å². The van der Waals surface area contributed by atoms with Gasteiger partial charge in [0.25, 0.3) is 5.91 Å². The van der Waals surface area contributed by atoms with Crippen LogP contribution in [0.25, 0.3) is 0 Å². The predicted octanol–water partition coefficient (Wildman–Crippen LogP) is 1.94. The van der Waals surface area contributed by atoms with Crippen LogP contribution >= 0.6 is 0 Å². The van der Waals surface area contributed by atoms with Crippen molar-refractivity contribution in [2.45, 2.75) is 19.4 Å². The third-order valence-corrected chi connectivity index (χ3v) is 2.83. The van der Waals surface area contributed by atoms with Crippen molar-refractivity contribution in [2.75, 3.05) is 5.73 Å². The molecule has 5 heteroatoms. The molecule has 0 aliphatic heterocycles. The van der Waals surface area contributed by atoms with Gasteiger partial charge in [0.2, 0.25) is 0 Å². The van der Waals surface area contributed by atoms with Crippen molar-refractivity contribution >= 4 is 11.7 Å². The van der Waals surface area contributed by atoms with E-state index in [1.807, 2.05) is 19.1 Å². The molecule has 98 valence electrons. The molecule has 0 radical (unpaired) electrons. The number of anilines is 1. The monoisotopic (exact) mass is 256 g/mol. The lowest BCUT2D eigenvalue weighted by Crippen LogP contribution is -2.29. The Hall–Kier alpha value is -2.43. The standard InChI is InChI=1S/C14H16N4O/c1-2-11(10-6-8-16-9-7-10)18-14(19)12-4-3-5-13(15)17-12/h3-9,11H,2H2,1H3,(H2,15,17)(H,18,19). The smallest absolute Gasteiger partial charge is 0.270 e. The number of nitrogen functional groups attached to an aromatic ring is 1. The summed E-state index contributed by atoms with van der Waals surface area (Å²) in [5, 5.41) is 2.94. The van der Waals surface area contributed by atoms with E-state index in [4.69, 9.17) is 5.73 Å². The van der Waals surface area contributed by atoms with Crippen LogP contribution in [0.4, 0.5) is 5.82 Å². The van der Waals surface area contributed by atoms with Crippen molar-refractivity contribution in [3.8, 4) is 0 Å². The third-order valence-electron chi connectivity index (χ3n) is 2.83. The Morgan fingerprint density at radius 3 is 2.68 bits per heavy atom. The lowest BCUT2D eigenvalue weighted by atomic mass is 10.1. The van der Waals surface area contributed by atoms with E-state index in [2.05, 4.69) is 15.3 Å². The van der Waals surface area contributed by atoms with Crippen molar-refractivity contribution in [2.24, 2.45) is 0 Å². The zero-order chi connectivity index (χ0) is 13.7. The molecule has 0 spiro atoms. The summed E-state index contributed by atoms with van der Waals surface area (Å²) < 4.78 is 0. The molecule has 0 aliphatic rings. The van der Waals surface area contributed by atoms with Gasteiger partial charge < -0.3 is 11.1 Å². The fraction of sp³-hybridized carbons (Fsp3) is 0.214. The van der Waals surface area contributed by atoms with Gasteiger partial charge in [0.1, 0.15) is 11.5 Å². The molecule has 2 aromatic rings. The van der Waals surface area contributed by atoms with Crippen LogP contribution in [-0.4, -0.2) is 15.9 Å². The highest BCUT2D eigenvalue weighted by molar-refractivity contribution is 5.92. The van der Waals surface area contributed by atoms with Gasteiger partial charge in [0.15, 0.2) is 0 Å². The van der Waals surface area contributed by atoms with Gasteiger partial charge in [0.05, 0.1) is 6.04 Å². The molecule has 0 aliphatic carbocycles. The van der Waals surface area contributed by atoms with Gasteiger partial charge in [-0.3, -0.25) is 9.78 Å². The summed E-state index contributed by atoms with van der Waals surface area (Å²) in [5.41, 5.74) is 6.92. The van der Waals surface area contributed by atoms with Crippen molar-refractivity contribution < 1.29 is 4.79 Å². The van der Waals surface area contributed by atoms with Gasteiger partial charge in [-0.15, -0.1) is 0 Å². The van der Waals surface area contributed by atoms with Crippen LogP contribution < -0.4 is 11.1 Å². The fourth-order valence-electron chi connectivity index (χ4n) is 1.83. The second-order valence-electron chi connectivity index (χ2n) is 4.16. The van der Waals surface area contributed by atoms with E-state index in [9.17, 15) is 4.79 Å². The van der Waals surface area contributed by atoms with E-state index in [1.54, 1.807) is 30.6 Å². The third kappa shape index (κ3) is 3.28. The maximum atomic E-state index is 12.1. The van der Waals surface area contributed by atoms with Gasteiger partial charge in [-0.2, -0.15) is 0 Å². The topological polar surface area (TPSA) is 80.9 Å². The zero-order valence-corrected chi connectivity index (χ0v) is 10.7. The van der Waals surface area contributed by atoms with E-state index in [0.717, 1.165) is 12.0 Å². The Balaban J connectivity index is 2.13. The molecule has 0 bridgehead atoms. The number of pyridine rings is 2. The molecule has 1 unspecified atom stereocenters. The molecule has 0 fully saturated rings. The van der Waals surface area contributed by atoms with Crippen molar-refractivity contribution in [3.05, 3.63) is 54.0 Å². The minimum Gasteiger partial charge on any atom is -0.384 e. The van der Waals surface area contributed by atoms with E-state index in [-0.39, 0.29) is 11.9 Å². The number of nitrogens with one attached hydrogen (secondary N) is 1. The number of aromatic nitrogens is 2. The number of hydrogen-bond donors (Lipinski definition) is 2. The summed E-state index contributed by atoms with van der Waals surface area (Å²) in [5.74, 6) is 0.112. The van der Waals surface area contributed by atoms with Gasteiger partial charge in [-0.1, -0.05) is 13.0 Å². The Morgan fingerprint density at radius 1 is 1.32 bits per heavy atom. The molecule has 0 saturated carbocycles. The van der Waals surface area contributed by atoms with Crippen LogP contribution in [0.15, 0.2) is 42.7 Å². The highest BCUT2D eigenvalue weighted by atomic mass is 16.1. The Bertz CT molecular complexity index is 556. The molecule has 19 heavy (non-hydrogen) atoms. The maximum absolute atomic E-state index is 12.1. The van der Waals surface area contributed by atoms with E-state index < -0.39 is 0 Å². The van der Waals surface area contributed by atoms with Gasteiger partial charge >= 0.3 is 0 Å². The molecular formula is C14H16N4O. The average Bonchev–Trinajstić information content (AvgIpc) is 2.45. The minimum absolute atomic E-state index is 0.0567. The minimum atomic E-state index is -0.226.